The number of ketones is 1. The molecule has 6 rings (SSSR count). The van der Waals surface area contributed by atoms with Crippen molar-refractivity contribution in [3.63, 3.8) is 0 Å². The molecule has 0 aliphatic heterocycles. The van der Waals surface area contributed by atoms with E-state index in [4.69, 9.17) is 9.47 Å². The second-order valence-electron chi connectivity index (χ2n) is 10.5. The molecule has 214 valence electrons. The molecule has 1 aliphatic rings. The summed E-state index contributed by atoms with van der Waals surface area (Å²) < 4.78 is 40.9. The van der Waals surface area contributed by atoms with Crippen LogP contribution in [0.5, 0.6) is 11.5 Å². The van der Waals surface area contributed by atoms with Crippen LogP contribution in [0, 0.1) is 11.6 Å². The number of benzene rings is 2. The number of Topliss-reactive ketones (excluding diaryl/α,β-unsaturated/α-hetero) is 1. The van der Waals surface area contributed by atoms with E-state index in [9.17, 15) is 14.0 Å². The lowest BCUT2D eigenvalue weighted by Gasteiger charge is -2.45. The number of pyridine rings is 1. The average molecular weight is 573 g/mol. The van der Waals surface area contributed by atoms with Crippen LogP contribution in [0.2, 0.25) is 0 Å². The first kappa shape index (κ1) is 27.2. The largest absolute Gasteiger partial charge is 0.453 e. The van der Waals surface area contributed by atoms with Crippen molar-refractivity contribution in [1.82, 2.24) is 25.0 Å². The number of methoxy groups -OCH3 is 1. The molecule has 0 amide bonds. The van der Waals surface area contributed by atoms with Crippen molar-refractivity contribution >= 4 is 22.6 Å². The summed E-state index contributed by atoms with van der Waals surface area (Å²) in [4.78, 5) is 30.2. The minimum atomic E-state index is -0.685. The van der Waals surface area contributed by atoms with Gasteiger partial charge in [-0.15, -0.1) is 0 Å². The van der Waals surface area contributed by atoms with Gasteiger partial charge in [0.2, 0.25) is 0 Å². The van der Waals surface area contributed by atoms with Gasteiger partial charge in [0.05, 0.1) is 17.4 Å². The molecule has 2 aromatic carbocycles. The maximum absolute atomic E-state index is 15.2. The smallest absolute Gasteiger partial charge is 0.282 e. The highest BCUT2D eigenvalue weighted by Gasteiger charge is 2.41. The summed E-state index contributed by atoms with van der Waals surface area (Å²) in [5.41, 5.74) is 0.149. The van der Waals surface area contributed by atoms with Crippen LogP contribution in [-0.4, -0.2) is 49.5 Å². The van der Waals surface area contributed by atoms with Gasteiger partial charge in [-0.3, -0.25) is 14.7 Å². The first-order valence-corrected chi connectivity index (χ1v) is 13.2. The Morgan fingerprint density at radius 2 is 1.88 bits per heavy atom. The lowest BCUT2D eigenvalue weighted by Crippen LogP contribution is -2.51. The number of anilines is 1. The van der Waals surface area contributed by atoms with E-state index in [1.807, 2.05) is 0 Å². The molecule has 3 heterocycles. The quantitative estimate of drug-likeness (QED) is 0.237. The van der Waals surface area contributed by atoms with E-state index in [0.717, 1.165) is 17.5 Å². The third-order valence-electron chi connectivity index (χ3n) is 7.33. The Kier molecular flexibility index (Phi) is 6.99. The fourth-order valence-electron chi connectivity index (χ4n) is 5.12. The maximum Gasteiger partial charge on any atom is 0.282 e. The van der Waals surface area contributed by atoms with Gasteiger partial charge >= 0.3 is 0 Å². The second-order valence-corrected chi connectivity index (χ2v) is 10.5. The van der Waals surface area contributed by atoms with E-state index in [-0.39, 0.29) is 29.4 Å². The van der Waals surface area contributed by atoms with Crippen LogP contribution >= 0.6 is 0 Å². The zero-order chi connectivity index (χ0) is 29.4. The fourth-order valence-corrected chi connectivity index (χ4v) is 5.12. The predicted octanol–water partition coefficient (Wildman–Crippen LogP) is 4.98. The number of carbonyl (C=O) groups excluding carboxylic acids is 1. The molecule has 0 bridgehead atoms. The summed E-state index contributed by atoms with van der Waals surface area (Å²) in [6.07, 6.45) is 4.41. The van der Waals surface area contributed by atoms with Crippen molar-refractivity contribution in [3.8, 4) is 17.2 Å². The number of aromatic nitrogens is 5. The van der Waals surface area contributed by atoms with E-state index in [2.05, 4.69) is 32.5 Å². The number of nitrogens with zero attached hydrogens (tertiary/aromatic N) is 4. The molecule has 42 heavy (non-hydrogen) atoms. The van der Waals surface area contributed by atoms with Gasteiger partial charge in [0.25, 0.3) is 5.56 Å². The number of H-pyrrole nitrogens is 1. The minimum absolute atomic E-state index is 0.0530. The second kappa shape index (κ2) is 10.8. The topological polar surface area (TPSA) is 124 Å². The van der Waals surface area contributed by atoms with Crippen LogP contribution in [0.15, 0.2) is 71.8 Å². The van der Waals surface area contributed by atoms with Gasteiger partial charge in [0.1, 0.15) is 17.0 Å². The average Bonchev–Trinajstić information content (AvgIpc) is 3.37. The molecular formula is C30H26F2N6O4. The van der Waals surface area contributed by atoms with Gasteiger partial charge in [0.15, 0.2) is 28.8 Å². The summed E-state index contributed by atoms with van der Waals surface area (Å²) in [6.45, 7) is 2.07. The van der Waals surface area contributed by atoms with Crippen LogP contribution in [0.25, 0.3) is 16.7 Å². The Morgan fingerprint density at radius 3 is 2.62 bits per heavy atom. The third-order valence-corrected chi connectivity index (χ3v) is 7.33. The molecule has 3 aromatic heterocycles. The van der Waals surface area contributed by atoms with Crippen molar-refractivity contribution in [3.05, 3.63) is 100 Å². The van der Waals surface area contributed by atoms with E-state index < -0.39 is 23.0 Å². The number of aromatic amines is 1. The van der Waals surface area contributed by atoms with Gasteiger partial charge in [-0.1, -0.05) is 6.07 Å². The maximum atomic E-state index is 15.2. The highest BCUT2D eigenvalue weighted by Crippen LogP contribution is 2.40. The Morgan fingerprint density at radius 1 is 1.10 bits per heavy atom. The lowest BCUT2D eigenvalue weighted by molar-refractivity contribution is 0.000861. The van der Waals surface area contributed by atoms with E-state index in [1.165, 1.54) is 54.9 Å². The van der Waals surface area contributed by atoms with Crippen LogP contribution in [0.4, 0.5) is 14.6 Å². The van der Waals surface area contributed by atoms with Gasteiger partial charge in [0, 0.05) is 37.5 Å². The Hall–Kier alpha value is -4.97. The molecule has 1 fully saturated rings. The molecule has 2 N–H and O–H groups in total. The van der Waals surface area contributed by atoms with Crippen LogP contribution in [0.1, 0.15) is 35.7 Å². The van der Waals surface area contributed by atoms with Gasteiger partial charge < -0.3 is 14.8 Å². The van der Waals surface area contributed by atoms with Gasteiger partial charge in [-0.2, -0.15) is 14.9 Å². The number of nitrogens with one attached hydrogen (secondary N) is 2. The first-order valence-electron chi connectivity index (χ1n) is 13.2. The summed E-state index contributed by atoms with van der Waals surface area (Å²) in [6, 6.07) is 12.3. The highest BCUT2D eigenvalue weighted by atomic mass is 19.1. The molecule has 5 aromatic rings. The Bertz CT molecular complexity index is 1850. The van der Waals surface area contributed by atoms with Gasteiger partial charge in [-0.05, 0) is 67.8 Å². The van der Waals surface area contributed by atoms with Crippen LogP contribution in [-0.2, 0) is 11.2 Å². The molecular weight excluding hydrogens is 546 g/mol. The fraction of sp³-hybridized carbons (Fsp3) is 0.233. The van der Waals surface area contributed by atoms with Crippen molar-refractivity contribution in [1.29, 1.82) is 0 Å². The molecule has 0 unspecified atom stereocenters. The predicted molar refractivity (Wildman–Crippen MR) is 150 cm³/mol. The molecule has 1 saturated carbocycles. The SMILES string of the molecule is COC1CC(C)(Nc2n[nH]c3nccc(Oc4ccc(CC(=O)c5ccnn(-c6ccc(F)cc6)c5=O)cc4F)c23)C1. The van der Waals surface area contributed by atoms with E-state index >= 15 is 4.39 Å². The number of halogens is 2. The van der Waals surface area contributed by atoms with E-state index in [1.54, 1.807) is 19.2 Å². The third kappa shape index (κ3) is 5.23. The molecule has 12 heteroatoms. The number of carbonyl (C=O) groups is 1. The molecule has 10 nitrogen and oxygen atoms in total. The number of ether oxygens (including phenoxy) is 2. The highest BCUT2D eigenvalue weighted by molar-refractivity contribution is 5.97. The molecule has 0 spiro atoms. The molecule has 0 saturated heterocycles. The van der Waals surface area contributed by atoms with Gasteiger partial charge in [-0.25, -0.2) is 13.8 Å². The first-order chi connectivity index (χ1) is 20.2. The zero-order valence-corrected chi connectivity index (χ0v) is 22.7. The number of fused-ring (bicyclic) bond motifs is 1. The van der Waals surface area contributed by atoms with Crippen molar-refractivity contribution in [2.75, 3.05) is 12.4 Å². The Balaban J connectivity index is 1.20. The summed E-state index contributed by atoms with van der Waals surface area (Å²) >= 11 is 0. The summed E-state index contributed by atoms with van der Waals surface area (Å²) in [5, 5.41) is 15.2. The number of rotatable bonds is 9. The van der Waals surface area contributed by atoms with Crippen LogP contribution < -0.4 is 15.6 Å². The summed E-state index contributed by atoms with van der Waals surface area (Å²) in [5.74, 6) is -0.832. The standard InChI is InChI=1S/C30H26F2N6O4/c1-30(15-20(16-30)41-2)35-28-26-25(10-11-33-27(26)36-37-28)42-24-8-3-17(13-22(24)32)14-23(39)21-9-12-34-38(29(21)40)19-6-4-18(31)5-7-19/h3-13,20H,14-16H2,1-2H3,(H2,33,35,36,37). The number of hydrogen-bond donors (Lipinski definition) is 2. The molecule has 0 radical (unpaired) electrons. The molecule has 1 aliphatic carbocycles. The van der Waals surface area contributed by atoms with Crippen molar-refractivity contribution in [2.24, 2.45) is 0 Å². The zero-order valence-electron chi connectivity index (χ0n) is 22.7. The van der Waals surface area contributed by atoms with E-state index in [0.29, 0.717) is 33.9 Å². The van der Waals surface area contributed by atoms with Crippen molar-refractivity contribution in [2.45, 2.75) is 37.8 Å². The van der Waals surface area contributed by atoms with Crippen LogP contribution in [0.3, 0.4) is 0 Å². The molecule has 0 atom stereocenters. The lowest BCUT2D eigenvalue weighted by atomic mass is 9.76. The monoisotopic (exact) mass is 572 g/mol. The van der Waals surface area contributed by atoms with Crippen molar-refractivity contribution < 1.29 is 23.0 Å². The Labute approximate surface area is 238 Å². The normalized spacial score (nSPS) is 18.0. The summed E-state index contributed by atoms with van der Waals surface area (Å²) in [7, 11) is 1.69. The minimum Gasteiger partial charge on any atom is -0.453 e. The number of hydrogen-bond acceptors (Lipinski definition) is 8.